The van der Waals surface area contributed by atoms with E-state index in [1.54, 1.807) is 25.2 Å². The van der Waals surface area contributed by atoms with Crippen molar-refractivity contribution >= 4 is 49.6 Å². The van der Waals surface area contributed by atoms with Gasteiger partial charge in [0.15, 0.2) is 5.71 Å². The number of rotatable bonds is 10. The van der Waals surface area contributed by atoms with Crippen molar-refractivity contribution in [1.82, 2.24) is 9.78 Å². The number of anilines is 1. The van der Waals surface area contributed by atoms with Gasteiger partial charge in [-0.2, -0.15) is 26.9 Å². The molecule has 14 nitrogen and oxygen atoms in total. The maximum absolute atomic E-state index is 13.1. The van der Waals surface area contributed by atoms with Gasteiger partial charge in [0.1, 0.15) is 0 Å². The number of nitrogens with zero attached hydrogens (tertiary/aromatic N) is 3. The number of aromatic nitrogens is 2. The van der Waals surface area contributed by atoms with Crippen molar-refractivity contribution in [2.45, 2.75) is 23.1 Å². The molecule has 1 aliphatic rings. The summed E-state index contributed by atoms with van der Waals surface area (Å²) in [6, 6.07) is 9.73. The molecule has 1 aliphatic heterocycles. The number of nitrogens with one attached hydrogen (secondary N) is 1. The van der Waals surface area contributed by atoms with Crippen molar-refractivity contribution in [1.29, 1.82) is 0 Å². The largest absolute Gasteiger partial charge is 0.461 e. The standard InChI is InChI=1S/C26H24N4O10S2/c1-2-40-26(33)23-22(25(32)30(28-23)19-10-14-21(15-11-19)42(37,38)39)7-5-3-4-6-17-16-27-29(24(17)31)18-8-12-20(13-9-18)41(34,35)36/h3-6,8-16,22,27H,2,7H2,1H3,(H,34,35,36)(H,37,38,39). The van der Waals surface area contributed by atoms with E-state index < -0.39 is 43.6 Å². The lowest BCUT2D eigenvalue weighted by Gasteiger charge is -2.13. The molecule has 42 heavy (non-hydrogen) atoms. The van der Waals surface area contributed by atoms with Gasteiger partial charge in [0, 0.05) is 6.20 Å². The second-order valence-corrected chi connectivity index (χ2v) is 11.6. The quantitative estimate of drug-likeness (QED) is 0.172. The first-order valence-electron chi connectivity index (χ1n) is 12.2. The van der Waals surface area contributed by atoms with Crippen LogP contribution in [0.2, 0.25) is 0 Å². The topological polar surface area (TPSA) is 205 Å². The fourth-order valence-electron chi connectivity index (χ4n) is 3.95. The van der Waals surface area contributed by atoms with Crippen LogP contribution >= 0.6 is 0 Å². The fraction of sp³-hybridized carbons (Fsp3) is 0.154. The number of benzene rings is 2. The van der Waals surface area contributed by atoms with Gasteiger partial charge in [0.25, 0.3) is 31.7 Å². The summed E-state index contributed by atoms with van der Waals surface area (Å²) in [5.41, 5.74) is 0.214. The van der Waals surface area contributed by atoms with Crippen LogP contribution in [-0.4, -0.2) is 59.9 Å². The first-order valence-corrected chi connectivity index (χ1v) is 15.1. The first-order chi connectivity index (χ1) is 19.8. The molecule has 220 valence electrons. The van der Waals surface area contributed by atoms with Crippen molar-refractivity contribution in [2.24, 2.45) is 11.0 Å². The number of hydrogen-bond acceptors (Lipinski definition) is 9. The van der Waals surface area contributed by atoms with Gasteiger partial charge in [-0.25, -0.2) is 9.48 Å². The molecule has 1 aromatic heterocycles. The molecule has 3 aromatic rings. The molecule has 1 unspecified atom stereocenters. The average Bonchev–Trinajstić information content (AvgIpc) is 3.47. The first kappa shape index (κ1) is 30.3. The minimum absolute atomic E-state index is 0.0535. The van der Waals surface area contributed by atoms with E-state index in [9.17, 15) is 35.8 Å². The zero-order valence-corrected chi connectivity index (χ0v) is 23.4. The number of ether oxygens (including phenoxy) is 1. The van der Waals surface area contributed by atoms with Crippen LogP contribution in [0.4, 0.5) is 5.69 Å². The smallest absolute Gasteiger partial charge is 0.355 e. The van der Waals surface area contributed by atoms with E-state index in [0.29, 0.717) is 5.69 Å². The van der Waals surface area contributed by atoms with Crippen LogP contribution in [0, 0.1) is 5.92 Å². The van der Waals surface area contributed by atoms with Gasteiger partial charge in [-0.3, -0.25) is 23.8 Å². The summed E-state index contributed by atoms with van der Waals surface area (Å²) in [6.07, 6.45) is 7.69. The number of hydrogen-bond donors (Lipinski definition) is 3. The molecule has 16 heteroatoms. The number of hydrazone groups is 1. The van der Waals surface area contributed by atoms with Crippen molar-refractivity contribution in [3.05, 3.63) is 88.9 Å². The molecule has 0 bridgehead atoms. The van der Waals surface area contributed by atoms with E-state index >= 15 is 0 Å². The molecule has 4 rings (SSSR count). The lowest BCUT2D eigenvalue weighted by atomic mass is 9.99. The van der Waals surface area contributed by atoms with Gasteiger partial charge in [-0.05, 0) is 68.0 Å². The molecule has 1 amide bonds. The van der Waals surface area contributed by atoms with Gasteiger partial charge in [0.2, 0.25) is 0 Å². The second kappa shape index (κ2) is 12.1. The molecule has 2 aromatic carbocycles. The summed E-state index contributed by atoms with van der Waals surface area (Å²) in [7, 11) is -8.81. The predicted molar refractivity (Wildman–Crippen MR) is 150 cm³/mol. The van der Waals surface area contributed by atoms with Crippen molar-refractivity contribution in [2.75, 3.05) is 11.6 Å². The molecule has 0 fully saturated rings. The average molecular weight is 617 g/mol. The molecule has 0 aliphatic carbocycles. The highest BCUT2D eigenvalue weighted by atomic mass is 32.2. The SMILES string of the molecule is CCOC(=O)C1=NN(c2ccc(S(=O)(=O)O)cc2)C(=O)C1CC=CC=Cc1c[nH]n(-c2ccc(S(=O)(=O)O)cc2)c1=O. The second-order valence-electron chi connectivity index (χ2n) is 8.74. The Morgan fingerprint density at radius 2 is 1.52 bits per heavy atom. The molecule has 2 heterocycles. The highest BCUT2D eigenvalue weighted by Gasteiger charge is 2.40. The lowest BCUT2D eigenvalue weighted by molar-refractivity contribution is -0.135. The summed E-state index contributed by atoms with van der Waals surface area (Å²) in [5.74, 6) is -2.33. The zero-order chi connectivity index (χ0) is 30.7. The van der Waals surface area contributed by atoms with Crippen LogP contribution in [-0.2, 0) is 34.6 Å². The van der Waals surface area contributed by atoms with Crippen LogP contribution in [0.3, 0.4) is 0 Å². The third-order valence-electron chi connectivity index (χ3n) is 6.00. The zero-order valence-electron chi connectivity index (χ0n) is 21.8. The van der Waals surface area contributed by atoms with E-state index in [-0.39, 0.29) is 39.8 Å². The molecule has 0 radical (unpaired) electrons. The van der Waals surface area contributed by atoms with Crippen molar-refractivity contribution in [3.8, 4) is 5.69 Å². The van der Waals surface area contributed by atoms with E-state index in [4.69, 9.17) is 9.29 Å². The molecule has 0 spiro atoms. The summed E-state index contributed by atoms with van der Waals surface area (Å²) >= 11 is 0. The monoisotopic (exact) mass is 616 g/mol. The Labute approximate surface area is 239 Å². The number of H-pyrrole nitrogens is 1. The lowest BCUT2D eigenvalue weighted by Crippen LogP contribution is -2.30. The molecular weight excluding hydrogens is 592 g/mol. The van der Waals surface area contributed by atoms with Crippen LogP contribution in [0.25, 0.3) is 11.8 Å². The van der Waals surface area contributed by atoms with Gasteiger partial charge in [-0.1, -0.05) is 18.2 Å². The van der Waals surface area contributed by atoms with Gasteiger partial charge in [0.05, 0.1) is 39.3 Å². The normalized spacial score (nSPS) is 16.0. The Morgan fingerprint density at radius 1 is 0.952 bits per heavy atom. The number of amides is 1. The van der Waals surface area contributed by atoms with Crippen molar-refractivity contribution < 1.29 is 40.3 Å². The van der Waals surface area contributed by atoms with Gasteiger partial charge in [-0.15, -0.1) is 0 Å². The Bertz CT molecular complexity index is 1870. The fourth-order valence-corrected chi connectivity index (χ4v) is 4.91. The Hall–Kier alpha value is -4.64. The van der Waals surface area contributed by atoms with Crippen LogP contribution < -0.4 is 10.6 Å². The summed E-state index contributed by atoms with van der Waals surface area (Å²) < 4.78 is 69.5. The molecule has 1 atom stereocenters. The van der Waals surface area contributed by atoms with E-state index in [1.165, 1.54) is 41.2 Å². The minimum Gasteiger partial charge on any atom is -0.461 e. The maximum atomic E-state index is 13.1. The van der Waals surface area contributed by atoms with Crippen LogP contribution in [0.1, 0.15) is 18.9 Å². The van der Waals surface area contributed by atoms with E-state index in [2.05, 4.69) is 10.2 Å². The number of aromatic amines is 1. The number of esters is 1. The van der Waals surface area contributed by atoms with Crippen LogP contribution in [0.5, 0.6) is 0 Å². The molecular formula is C26H24N4O10S2. The van der Waals surface area contributed by atoms with E-state index in [0.717, 1.165) is 29.3 Å². The van der Waals surface area contributed by atoms with Crippen molar-refractivity contribution in [3.63, 3.8) is 0 Å². The Morgan fingerprint density at radius 3 is 2.07 bits per heavy atom. The molecule has 0 saturated heterocycles. The Kier molecular flexibility index (Phi) is 8.72. The summed E-state index contributed by atoms with van der Waals surface area (Å²) in [5, 5.41) is 7.82. The minimum atomic E-state index is -4.44. The highest BCUT2D eigenvalue weighted by Crippen LogP contribution is 2.27. The number of carbonyl (C=O) groups excluding carboxylic acids is 2. The Balaban J connectivity index is 1.47. The molecule has 3 N–H and O–H groups in total. The number of allylic oxidation sites excluding steroid dienone is 3. The van der Waals surface area contributed by atoms with Gasteiger partial charge >= 0.3 is 5.97 Å². The number of carbonyl (C=O) groups is 2. The van der Waals surface area contributed by atoms with E-state index in [1.807, 2.05) is 0 Å². The summed E-state index contributed by atoms with van der Waals surface area (Å²) in [4.78, 5) is 37.7. The third kappa shape index (κ3) is 6.63. The highest BCUT2D eigenvalue weighted by molar-refractivity contribution is 7.86. The molecule has 0 saturated carbocycles. The van der Waals surface area contributed by atoms with Crippen LogP contribution in [0.15, 0.2) is 92.6 Å². The van der Waals surface area contributed by atoms with Gasteiger partial charge < -0.3 is 4.74 Å². The summed E-state index contributed by atoms with van der Waals surface area (Å²) in [6.45, 7) is 1.66. The third-order valence-corrected chi connectivity index (χ3v) is 7.73. The predicted octanol–water partition coefficient (Wildman–Crippen LogP) is 2.20. The maximum Gasteiger partial charge on any atom is 0.355 e.